The number of amides is 1. The van der Waals surface area contributed by atoms with E-state index in [2.05, 4.69) is 10.5 Å². The van der Waals surface area contributed by atoms with E-state index in [-0.39, 0.29) is 12.3 Å². The molecule has 0 saturated heterocycles. The summed E-state index contributed by atoms with van der Waals surface area (Å²) in [5.41, 5.74) is 0.981. The monoisotopic (exact) mass is 314 g/mol. The van der Waals surface area contributed by atoms with Crippen molar-refractivity contribution in [1.82, 2.24) is 10.5 Å². The van der Waals surface area contributed by atoms with Crippen molar-refractivity contribution in [3.05, 3.63) is 51.3 Å². The first kappa shape index (κ1) is 14.8. The summed E-state index contributed by atoms with van der Waals surface area (Å²) in [6.45, 7) is 1.67. The van der Waals surface area contributed by atoms with E-state index in [0.717, 1.165) is 0 Å². The van der Waals surface area contributed by atoms with Crippen molar-refractivity contribution in [2.24, 2.45) is 0 Å². The lowest BCUT2D eigenvalue weighted by Gasteiger charge is -2.14. The van der Waals surface area contributed by atoms with Crippen molar-refractivity contribution in [2.75, 3.05) is 6.54 Å². The van der Waals surface area contributed by atoms with Gasteiger partial charge in [0, 0.05) is 28.2 Å². The maximum absolute atomic E-state index is 11.7. The molecule has 1 unspecified atom stereocenters. The van der Waals surface area contributed by atoms with E-state index in [1.165, 1.54) is 6.07 Å². The van der Waals surface area contributed by atoms with Gasteiger partial charge in [-0.1, -0.05) is 34.4 Å². The molecular formula is C13H12Cl2N2O3. The van der Waals surface area contributed by atoms with Crippen LogP contribution in [0, 0.1) is 6.92 Å². The van der Waals surface area contributed by atoms with Crippen molar-refractivity contribution in [2.45, 2.75) is 13.0 Å². The van der Waals surface area contributed by atoms with Crippen molar-refractivity contribution in [3.63, 3.8) is 0 Å². The fourth-order valence-corrected chi connectivity index (χ4v) is 2.33. The smallest absolute Gasteiger partial charge is 0.290 e. The minimum atomic E-state index is -1.01. The summed E-state index contributed by atoms with van der Waals surface area (Å²) in [6.07, 6.45) is -1.01. The lowest BCUT2D eigenvalue weighted by molar-refractivity contribution is 0.0880. The first-order valence-corrected chi connectivity index (χ1v) is 6.58. The van der Waals surface area contributed by atoms with Crippen molar-refractivity contribution in [1.29, 1.82) is 0 Å². The van der Waals surface area contributed by atoms with Gasteiger partial charge in [-0.15, -0.1) is 0 Å². The summed E-state index contributed by atoms with van der Waals surface area (Å²) in [5, 5.41) is 16.9. The third-order valence-corrected chi connectivity index (χ3v) is 3.30. The molecule has 5 nitrogen and oxygen atoms in total. The Labute approximate surface area is 125 Å². The van der Waals surface area contributed by atoms with Gasteiger partial charge in [0.15, 0.2) is 0 Å². The van der Waals surface area contributed by atoms with E-state index in [4.69, 9.17) is 27.7 Å². The van der Waals surface area contributed by atoms with Crippen molar-refractivity contribution >= 4 is 29.1 Å². The Balaban J connectivity index is 2.02. The van der Waals surface area contributed by atoms with Gasteiger partial charge in [0.25, 0.3) is 5.91 Å². The number of nitrogens with one attached hydrogen (secondary N) is 1. The van der Waals surface area contributed by atoms with Crippen LogP contribution >= 0.6 is 23.2 Å². The van der Waals surface area contributed by atoms with Crippen LogP contribution in [0.25, 0.3) is 0 Å². The molecule has 20 heavy (non-hydrogen) atoms. The molecule has 0 aliphatic carbocycles. The van der Waals surface area contributed by atoms with Gasteiger partial charge in [-0.05, 0) is 19.1 Å². The number of carbonyl (C=O) groups is 1. The van der Waals surface area contributed by atoms with Crippen LogP contribution in [0.3, 0.4) is 0 Å². The molecule has 0 spiro atoms. The Kier molecular flexibility index (Phi) is 4.65. The minimum absolute atomic E-state index is 0.0396. The molecular weight excluding hydrogens is 303 g/mol. The highest BCUT2D eigenvalue weighted by atomic mass is 35.5. The maximum atomic E-state index is 11.7. The van der Waals surface area contributed by atoms with E-state index < -0.39 is 12.0 Å². The fourth-order valence-electron chi connectivity index (χ4n) is 1.68. The van der Waals surface area contributed by atoms with Crippen LogP contribution in [0.5, 0.6) is 0 Å². The van der Waals surface area contributed by atoms with E-state index >= 15 is 0 Å². The fraction of sp³-hybridized carbons (Fsp3) is 0.231. The van der Waals surface area contributed by atoms with E-state index in [1.807, 2.05) is 0 Å². The Morgan fingerprint density at radius 3 is 2.65 bits per heavy atom. The van der Waals surface area contributed by atoms with Crippen LogP contribution in [0.2, 0.25) is 10.0 Å². The number of aryl methyl sites for hydroxylation is 1. The summed E-state index contributed by atoms with van der Waals surface area (Å²) < 4.78 is 4.82. The summed E-state index contributed by atoms with van der Waals surface area (Å²) in [6, 6.07) is 6.42. The summed E-state index contributed by atoms with van der Waals surface area (Å²) in [7, 11) is 0. The van der Waals surface area contributed by atoms with Crippen LogP contribution < -0.4 is 5.32 Å². The molecule has 1 aromatic carbocycles. The second-order valence-corrected chi connectivity index (χ2v) is 5.01. The van der Waals surface area contributed by atoms with Gasteiger partial charge in [-0.2, -0.15) is 0 Å². The third-order valence-electron chi connectivity index (χ3n) is 2.64. The Bertz CT molecular complexity index is 608. The Hall–Kier alpha value is -1.56. The summed E-state index contributed by atoms with van der Waals surface area (Å²) >= 11 is 11.9. The highest BCUT2D eigenvalue weighted by molar-refractivity contribution is 6.36. The quantitative estimate of drug-likeness (QED) is 0.910. The molecule has 106 valence electrons. The molecule has 2 N–H and O–H groups in total. The normalized spacial score (nSPS) is 12.2. The number of nitrogens with zero attached hydrogens (tertiary/aromatic N) is 1. The first-order valence-electron chi connectivity index (χ1n) is 5.82. The minimum Gasteiger partial charge on any atom is -0.386 e. The van der Waals surface area contributed by atoms with Crippen LogP contribution in [0.15, 0.2) is 28.8 Å². The van der Waals surface area contributed by atoms with Crippen molar-refractivity contribution in [3.8, 4) is 0 Å². The van der Waals surface area contributed by atoms with Gasteiger partial charge in [-0.3, -0.25) is 4.79 Å². The van der Waals surface area contributed by atoms with Gasteiger partial charge in [-0.25, -0.2) is 0 Å². The molecule has 1 aromatic heterocycles. The number of hydrogen-bond donors (Lipinski definition) is 2. The summed E-state index contributed by atoms with van der Waals surface area (Å²) in [4.78, 5) is 11.7. The molecule has 0 aliphatic rings. The second kappa shape index (κ2) is 6.26. The zero-order valence-electron chi connectivity index (χ0n) is 10.6. The number of halogens is 2. The molecule has 2 aromatic rings. The Morgan fingerprint density at radius 1 is 1.45 bits per heavy atom. The predicted molar refractivity (Wildman–Crippen MR) is 75.0 cm³/mol. The van der Waals surface area contributed by atoms with Crippen LogP contribution in [-0.4, -0.2) is 22.7 Å². The average molecular weight is 315 g/mol. The zero-order valence-corrected chi connectivity index (χ0v) is 12.1. The first-order chi connectivity index (χ1) is 9.49. The number of carbonyl (C=O) groups excluding carboxylic acids is 1. The number of aliphatic hydroxyl groups is 1. The van der Waals surface area contributed by atoms with E-state index in [9.17, 15) is 9.90 Å². The second-order valence-electron chi connectivity index (χ2n) is 4.19. The number of aliphatic hydroxyl groups excluding tert-OH is 1. The molecule has 2 rings (SSSR count). The molecule has 7 heteroatoms. The largest absolute Gasteiger partial charge is 0.386 e. The molecule has 0 radical (unpaired) electrons. The molecule has 0 saturated carbocycles. The number of rotatable bonds is 4. The van der Waals surface area contributed by atoms with Crippen LogP contribution in [0.1, 0.15) is 27.9 Å². The standard InChI is InChI=1S/C13H12Cl2N2O3/c1-7-5-11(20-17-7)13(19)16-6-10(18)12-8(14)3-2-4-9(12)15/h2-5,10,18H,6H2,1H3,(H,16,19). The van der Waals surface area contributed by atoms with Gasteiger partial charge >= 0.3 is 0 Å². The van der Waals surface area contributed by atoms with E-state index in [0.29, 0.717) is 21.3 Å². The molecule has 1 heterocycles. The van der Waals surface area contributed by atoms with Crippen LogP contribution in [0.4, 0.5) is 0 Å². The van der Waals surface area contributed by atoms with Gasteiger partial charge in [0.2, 0.25) is 5.76 Å². The lowest BCUT2D eigenvalue weighted by Crippen LogP contribution is -2.28. The third kappa shape index (κ3) is 3.30. The SMILES string of the molecule is Cc1cc(C(=O)NCC(O)c2c(Cl)cccc2Cl)on1. The topological polar surface area (TPSA) is 75.4 Å². The number of benzene rings is 1. The lowest BCUT2D eigenvalue weighted by atomic mass is 10.1. The van der Waals surface area contributed by atoms with Crippen LogP contribution in [-0.2, 0) is 0 Å². The van der Waals surface area contributed by atoms with E-state index in [1.54, 1.807) is 25.1 Å². The van der Waals surface area contributed by atoms with Gasteiger partial charge in [0.1, 0.15) is 0 Å². The maximum Gasteiger partial charge on any atom is 0.290 e. The highest BCUT2D eigenvalue weighted by Gasteiger charge is 2.18. The number of hydrogen-bond acceptors (Lipinski definition) is 4. The predicted octanol–water partition coefficient (Wildman–Crippen LogP) is 2.75. The summed E-state index contributed by atoms with van der Waals surface area (Å²) in [5.74, 6) is -0.382. The highest BCUT2D eigenvalue weighted by Crippen LogP contribution is 2.29. The molecule has 0 bridgehead atoms. The molecule has 1 atom stereocenters. The zero-order chi connectivity index (χ0) is 14.7. The van der Waals surface area contributed by atoms with Gasteiger partial charge < -0.3 is 14.9 Å². The molecule has 0 fully saturated rings. The Morgan fingerprint density at radius 2 is 2.10 bits per heavy atom. The van der Waals surface area contributed by atoms with Crippen molar-refractivity contribution < 1.29 is 14.4 Å². The number of aromatic nitrogens is 1. The molecule has 0 aliphatic heterocycles. The van der Waals surface area contributed by atoms with Gasteiger partial charge in [0.05, 0.1) is 11.8 Å². The average Bonchev–Trinajstić information content (AvgIpc) is 2.82. The molecule has 1 amide bonds.